The maximum atomic E-state index is 2.29. The molecule has 0 bridgehead atoms. The Balaban J connectivity index is 0.000000597. The summed E-state index contributed by atoms with van der Waals surface area (Å²) in [6, 6.07) is 30.9. The van der Waals surface area contributed by atoms with E-state index in [4.69, 9.17) is 0 Å². The highest BCUT2D eigenvalue weighted by molar-refractivity contribution is 5.34. The van der Waals surface area contributed by atoms with Gasteiger partial charge in [0, 0.05) is 0 Å². The average Bonchev–Trinajstić information content (AvgIpc) is 2.89. The Hall–Kier alpha value is -3.12. The maximum absolute atomic E-state index is 2.29. The molecule has 0 nitrogen and oxygen atoms in total. The first-order valence-corrected chi connectivity index (χ1v) is 17.1. The lowest BCUT2D eigenvalue weighted by atomic mass is 9.85. The largest absolute Gasteiger partial charge is 0.0776 e. The zero-order valence-electron chi connectivity index (χ0n) is 33.1. The molecule has 0 amide bonds. The standard InChI is InChI=1S/2C12H18.2C11H16.CH4/c1-9-6-10(2)8-11(7-9)12(3,4)5;1-9-6-7-11(8-10(9)2)12(3,4)5;1-9-5-7-10(8-6-9)11(2,3)4;1-9-6-5-7-10(8-9)11(2,3)4;/h2*6-8H,1-5H3;2*5-8H,1-4H3;1H4. The van der Waals surface area contributed by atoms with Gasteiger partial charge >= 0.3 is 0 Å². The summed E-state index contributed by atoms with van der Waals surface area (Å²) in [6.07, 6.45) is 0. The normalized spacial score (nSPS) is 11.4. The van der Waals surface area contributed by atoms with Crippen LogP contribution >= 0.6 is 0 Å². The summed E-state index contributed by atoms with van der Waals surface area (Å²) in [5, 5.41) is 0. The van der Waals surface area contributed by atoms with Gasteiger partial charge in [0.05, 0.1) is 0 Å². The van der Waals surface area contributed by atoms with Crippen molar-refractivity contribution in [1.29, 1.82) is 0 Å². The Labute approximate surface area is 293 Å². The molecule has 260 valence electrons. The van der Waals surface area contributed by atoms with Crippen molar-refractivity contribution < 1.29 is 0 Å². The van der Waals surface area contributed by atoms with Crippen molar-refractivity contribution in [1.82, 2.24) is 0 Å². The Morgan fingerprint density at radius 3 is 1.04 bits per heavy atom. The third-order valence-electron chi connectivity index (χ3n) is 8.26. The van der Waals surface area contributed by atoms with E-state index in [0.717, 1.165) is 0 Å². The summed E-state index contributed by atoms with van der Waals surface area (Å²) in [5.41, 5.74) is 15.0. The Morgan fingerprint density at radius 1 is 0.298 bits per heavy atom. The van der Waals surface area contributed by atoms with Crippen LogP contribution in [0.5, 0.6) is 0 Å². The van der Waals surface area contributed by atoms with Crippen LogP contribution < -0.4 is 0 Å². The monoisotopic (exact) mass is 637 g/mol. The molecule has 0 N–H and O–H groups in total. The van der Waals surface area contributed by atoms with E-state index in [2.05, 4.69) is 210 Å². The fourth-order valence-electron chi connectivity index (χ4n) is 4.78. The van der Waals surface area contributed by atoms with E-state index in [-0.39, 0.29) is 29.1 Å². The summed E-state index contributed by atoms with van der Waals surface area (Å²) in [7, 11) is 0. The molecule has 0 fully saturated rings. The van der Waals surface area contributed by atoms with E-state index in [1.165, 1.54) is 55.6 Å². The molecule has 0 heteroatoms. The van der Waals surface area contributed by atoms with Crippen LogP contribution in [0.25, 0.3) is 0 Å². The fraction of sp³-hybridized carbons (Fsp3) is 0.489. The number of rotatable bonds is 0. The first kappa shape index (κ1) is 43.9. The van der Waals surface area contributed by atoms with Crippen LogP contribution in [0.15, 0.2) is 84.9 Å². The van der Waals surface area contributed by atoms with E-state index in [1.54, 1.807) is 0 Å². The van der Waals surface area contributed by atoms with Gasteiger partial charge in [0.15, 0.2) is 0 Å². The van der Waals surface area contributed by atoms with Crippen molar-refractivity contribution in [2.45, 2.75) is 154 Å². The first-order chi connectivity index (χ1) is 20.8. The summed E-state index contributed by atoms with van der Waals surface area (Å²) < 4.78 is 0. The highest BCUT2D eigenvalue weighted by Crippen LogP contribution is 2.26. The number of benzene rings is 4. The van der Waals surface area contributed by atoms with Gasteiger partial charge in [-0.3, -0.25) is 0 Å². The second-order valence-electron chi connectivity index (χ2n) is 17.4. The van der Waals surface area contributed by atoms with E-state index >= 15 is 0 Å². The summed E-state index contributed by atoms with van der Waals surface area (Å²) >= 11 is 0. The topological polar surface area (TPSA) is 0 Å². The summed E-state index contributed by atoms with van der Waals surface area (Å²) in [5.74, 6) is 0. The molecule has 0 aromatic heterocycles. The van der Waals surface area contributed by atoms with Crippen LogP contribution in [0.1, 0.15) is 146 Å². The third-order valence-corrected chi connectivity index (χ3v) is 8.26. The molecule has 4 rings (SSSR count). The van der Waals surface area contributed by atoms with Crippen molar-refractivity contribution in [3.8, 4) is 0 Å². The minimum absolute atomic E-state index is 0. The van der Waals surface area contributed by atoms with Crippen LogP contribution in [0.4, 0.5) is 0 Å². The molecule has 0 saturated carbocycles. The smallest absolute Gasteiger partial charge is 0.0132 e. The van der Waals surface area contributed by atoms with Crippen molar-refractivity contribution in [2.24, 2.45) is 0 Å². The summed E-state index contributed by atoms with van der Waals surface area (Å²) in [6.45, 7) is 39.8. The minimum atomic E-state index is 0. The molecule has 47 heavy (non-hydrogen) atoms. The fourth-order valence-corrected chi connectivity index (χ4v) is 4.78. The Morgan fingerprint density at radius 2 is 0.681 bits per heavy atom. The minimum Gasteiger partial charge on any atom is -0.0776 e. The molecular formula is C47H72. The number of aryl methyl sites for hydroxylation is 6. The van der Waals surface area contributed by atoms with Gasteiger partial charge in [-0.15, -0.1) is 0 Å². The van der Waals surface area contributed by atoms with Gasteiger partial charge in [0.1, 0.15) is 0 Å². The van der Waals surface area contributed by atoms with E-state index < -0.39 is 0 Å². The lowest BCUT2D eigenvalue weighted by molar-refractivity contribution is 0.589. The second-order valence-corrected chi connectivity index (χ2v) is 17.4. The van der Waals surface area contributed by atoms with Crippen LogP contribution in [-0.4, -0.2) is 0 Å². The second kappa shape index (κ2) is 17.9. The van der Waals surface area contributed by atoms with Gasteiger partial charge in [-0.25, -0.2) is 0 Å². The van der Waals surface area contributed by atoms with E-state index in [0.29, 0.717) is 0 Å². The third kappa shape index (κ3) is 16.5. The lowest BCUT2D eigenvalue weighted by Crippen LogP contribution is -2.11. The number of hydrogen-bond acceptors (Lipinski definition) is 0. The van der Waals surface area contributed by atoms with Crippen molar-refractivity contribution in [3.63, 3.8) is 0 Å². The molecule has 0 atom stereocenters. The van der Waals surface area contributed by atoms with Gasteiger partial charge in [-0.1, -0.05) is 198 Å². The zero-order chi connectivity index (χ0) is 35.7. The zero-order valence-corrected chi connectivity index (χ0v) is 33.1. The molecule has 0 aliphatic heterocycles. The van der Waals surface area contributed by atoms with E-state index in [9.17, 15) is 0 Å². The highest BCUT2D eigenvalue weighted by atomic mass is 14.2. The van der Waals surface area contributed by atoms with Crippen molar-refractivity contribution in [3.05, 3.63) is 141 Å². The van der Waals surface area contributed by atoms with Crippen LogP contribution in [0, 0.1) is 41.5 Å². The molecule has 0 heterocycles. The first-order valence-electron chi connectivity index (χ1n) is 17.1. The predicted molar refractivity (Wildman–Crippen MR) is 216 cm³/mol. The molecule has 0 radical (unpaired) electrons. The average molecular weight is 637 g/mol. The van der Waals surface area contributed by atoms with Gasteiger partial charge in [0.2, 0.25) is 0 Å². The molecule has 0 aliphatic rings. The predicted octanol–water partition coefficient (Wildman–Crippen LogP) is 14.4. The van der Waals surface area contributed by atoms with Gasteiger partial charge in [-0.05, 0) is 96.6 Å². The molecule has 0 unspecified atom stereocenters. The molecule has 0 saturated heterocycles. The Kier molecular flexibility index (Phi) is 16.7. The molecule has 4 aromatic carbocycles. The van der Waals surface area contributed by atoms with E-state index in [1.807, 2.05) is 0 Å². The van der Waals surface area contributed by atoms with Crippen LogP contribution in [-0.2, 0) is 21.7 Å². The van der Waals surface area contributed by atoms with Crippen LogP contribution in [0.3, 0.4) is 0 Å². The quantitative estimate of drug-likeness (QED) is 0.180. The molecule has 0 spiro atoms. The molecule has 0 aliphatic carbocycles. The van der Waals surface area contributed by atoms with Crippen molar-refractivity contribution >= 4 is 0 Å². The van der Waals surface area contributed by atoms with Crippen LogP contribution in [0.2, 0.25) is 0 Å². The number of hydrogen-bond donors (Lipinski definition) is 0. The van der Waals surface area contributed by atoms with Crippen molar-refractivity contribution in [2.75, 3.05) is 0 Å². The SMILES string of the molecule is C.Cc1cc(C)cc(C(C)(C)C)c1.Cc1ccc(C(C)(C)C)cc1.Cc1ccc(C(C)(C)C)cc1C.Cc1cccc(C(C)(C)C)c1. The van der Waals surface area contributed by atoms with Gasteiger partial charge in [0.25, 0.3) is 0 Å². The van der Waals surface area contributed by atoms with Gasteiger partial charge in [-0.2, -0.15) is 0 Å². The molecule has 4 aromatic rings. The highest BCUT2D eigenvalue weighted by Gasteiger charge is 2.15. The Bertz CT molecular complexity index is 1460. The summed E-state index contributed by atoms with van der Waals surface area (Å²) in [4.78, 5) is 0. The molecular weight excluding hydrogens is 565 g/mol. The maximum Gasteiger partial charge on any atom is -0.0132 e. The lowest BCUT2D eigenvalue weighted by Gasteiger charge is -2.20. The van der Waals surface area contributed by atoms with Gasteiger partial charge < -0.3 is 0 Å².